The summed E-state index contributed by atoms with van der Waals surface area (Å²) >= 11 is 0. The number of hydrogen-bond donors (Lipinski definition) is 5. The molecule has 0 aliphatic carbocycles. The fraction of sp³-hybridized carbons (Fsp3) is 0.500. The molecular formula is C4H13N5O3. The molecule has 0 aromatic rings. The molecule has 0 aliphatic heterocycles. The van der Waals surface area contributed by atoms with Gasteiger partial charge in [0, 0.05) is 7.05 Å². The van der Waals surface area contributed by atoms with Gasteiger partial charge in [-0.3, -0.25) is 25.3 Å². The Kier molecular flexibility index (Phi) is 8.79. The minimum Gasteiger partial charge on any atom is -0.344 e. The first-order valence-corrected chi connectivity index (χ1v) is 2.77. The molecule has 0 saturated heterocycles. The van der Waals surface area contributed by atoms with Gasteiger partial charge in [0.25, 0.3) is 0 Å². The van der Waals surface area contributed by atoms with E-state index in [0.29, 0.717) is 0 Å². The third-order valence-electron chi connectivity index (χ3n) is 0.711. The summed E-state index contributed by atoms with van der Waals surface area (Å²) in [7, 11) is 2.77. The summed E-state index contributed by atoms with van der Waals surface area (Å²) in [6, 6.07) is 0. The first-order valence-electron chi connectivity index (χ1n) is 2.77. The lowest BCUT2D eigenvalue weighted by molar-refractivity contribution is -0.142. The van der Waals surface area contributed by atoms with Crippen molar-refractivity contribution in [3.8, 4) is 0 Å². The zero-order chi connectivity index (χ0) is 8.69. The first-order chi connectivity index (χ1) is 5.22. The van der Waals surface area contributed by atoms with Crippen molar-refractivity contribution in [3.63, 3.8) is 0 Å². The highest BCUT2D eigenvalue weighted by molar-refractivity contribution is 6.34. The van der Waals surface area contributed by atoms with Gasteiger partial charge < -0.3 is 6.15 Å². The van der Waals surface area contributed by atoms with E-state index in [1.807, 2.05) is 11.0 Å². The van der Waals surface area contributed by atoms with Crippen molar-refractivity contribution in [2.75, 3.05) is 14.2 Å². The Morgan fingerprint density at radius 2 is 1.67 bits per heavy atom. The summed E-state index contributed by atoms with van der Waals surface area (Å²) in [5, 5.41) is 0. The number of nitrogens with one attached hydrogen (secondary N) is 4. The van der Waals surface area contributed by atoms with Crippen molar-refractivity contribution < 1.29 is 14.4 Å². The number of carbonyl (C=O) groups is 2. The van der Waals surface area contributed by atoms with Gasteiger partial charge in [-0.05, 0) is 0 Å². The quantitative estimate of drug-likeness (QED) is 0.242. The summed E-state index contributed by atoms with van der Waals surface area (Å²) in [6.45, 7) is 0. The van der Waals surface area contributed by atoms with Crippen LogP contribution in [0.15, 0.2) is 0 Å². The summed E-state index contributed by atoms with van der Waals surface area (Å²) in [5.74, 6) is -1.65. The van der Waals surface area contributed by atoms with Crippen LogP contribution in [0.2, 0.25) is 0 Å². The Balaban J connectivity index is 0. The molecule has 72 valence electrons. The van der Waals surface area contributed by atoms with E-state index in [2.05, 4.69) is 15.7 Å². The highest BCUT2D eigenvalue weighted by Crippen LogP contribution is 1.61. The second kappa shape index (κ2) is 7.88. The molecule has 0 spiro atoms. The van der Waals surface area contributed by atoms with E-state index >= 15 is 0 Å². The van der Waals surface area contributed by atoms with E-state index in [1.54, 1.807) is 0 Å². The summed E-state index contributed by atoms with van der Waals surface area (Å²) in [4.78, 5) is 25.4. The standard InChI is InChI=1S/C4H10N4O3.H3N/c1-5-6-3(9)4(10)7-8-11-2;/h5,8H,1-2H3,(H,6,9)(H,7,10);1H3. The zero-order valence-corrected chi connectivity index (χ0v) is 6.93. The minimum atomic E-state index is -0.846. The molecule has 0 unspecified atom stereocenters. The van der Waals surface area contributed by atoms with Gasteiger partial charge in [-0.25, -0.2) is 5.43 Å². The van der Waals surface area contributed by atoms with Crippen molar-refractivity contribution in [2.45, 2.75) is 0 Å². The predicted octanol–water partition coefficient (Wildman–Crippen LogP) is -2.42. The maximum absolute atomic E-state index is 10.6. The average molecular weight is 179 g/mol. The molecule has 8 heteroatoms. The van der Waals surface area contributed by atoms with Crippen LogP contribution in [-0.2, 0) is 14.4 Å². The fourth-order valence-corrected chi connectivity index (χ4v) is 0.324. The maximum Gasteiger partial charge on any atom is 0.326 e. The fourth-order valence-electron chi connectivity index (χ4n) is 0.324. The SMILES string of the molecule is CNNC(=O)C(=O)NNOC.N. The van der Waals surface area contributed by atoms with E-state index in [9.17, 15) is 9.59 Å². The van der Waals surface area contributed by atoms with Crippen LogP contribution in [0.1, 0.15) is 0 Å². The van der Waals surface area contributed by atoms with Gasteiger partial charge in [-0.15, -0.1) is 5.59 Å². The smallest absolute Gasteiger partial charge is 0.326 e. The number of hydrazine groups is 2. The Bertz CT molecular complexity index is 150. The van der Waals surface area contributed by atoms with Crippen LogP contribution in [0.5, 0.6) is 0 Å². The molecular weight excluding hydrogens is 166 g/mol. The third kappa shape index (κ3) is 5.56. The molecule has 7 N–H and O–H groups in total. The number of rotatable bonds is 3. The van der Waals surface area contributed by atoms with Gasteiger partial charge in [0.1, 0.15) is 0 Å². The highest BCUT2D eigenvalue weighted by atomic mass is 16.7. The van der Waals surface area contributed by atoms with Crippen molar-refractivity contribution in [1.29, 1.82) is 0 Å². The molecule has 0 heterocycles. The molecule has 2 amide bonds. The maximum atomic E-state index is 10.6. The van der Waals surface area contributed by atoms with Crippen LogP contribution in [0, 0.1) is 0 Å². The molecule has 0 aromatic heterocycles. The van der Waals surface area contributed by atoms with Gasteiger partial charge in [0.05, 0.1) is 7.11 Å². The summed E-state index contributed by atoms with van der Waals surface area (Å²) in [5.41, 5.74) is 8.31. The number of carbonyl (C=O) groups excluding carboxylic acids is 2. The van der Waals surface area contributed by atoms with Gasteiger partial charge in [-0.2, -0.15) is 0 Å². The average Bonchev–Trinajstić information content (AvgIpc) is 2.00. The van der Waals surface area contributed by atoms with E-state index in [0.717, 1.165) is 0 Å². The Morgan fingerprint density at radius 1 is 1.17 bits per heavy atom. The lowest BCUT2D eigenvalue weighted by Gasteiger charge is -2.03. The van der Waals surface area contributed by atoms with Crippen molar-refractivity contribution in [1.82, 2.24) is 28.0 Å². The molecule has 0 rings (SSSR count). The Hall–Kier alpha value is -1.22. The largest absolute Gasteiger partial charge is 0.344 e. The Labute approximate surface area is 69.5 Å². The highest BCUT2D eigenvalue weighted by Gasteiger charge is 2.10. The first kappa shape index (κ1) is 13.4. The van der Waals surface area contributed by atoms with Crippen molar-refractivity contribution in [3.05, 3.63) is 0 Å². The summed E-state index contributed by atoms with van der Waals surface area (Å²) in [6.07, 6.45) is 0. The normalized spacial score (nSPS) is 8.17. The van der Waals surface area contributed by atoms with Crippen LogP contribution in [0.4, 0.5) is 0 Å². The van der Waals surface area contributed by atoms with Crippen LogP contribution in [0.3, 0.4) is 0 Å². The topological polar surface area (TPSA) is 126 Å². The molecule has 0 bridgehead atoms. The van der Waals surface area contributed by atoms with Gasteiger partial charge in [-0.1, -0.05) is 0 Å². The lowest BCUT2D eigenvalue weighted by atomic mass is 10.6. The molecule has 12 heavy (non-hydrogen) atoms. The van der Waals surface area contributed by atoms with E-state index in [1.165, 1.54) is 14.2 Å². The molecule has 0 radical (unpaired) electrons. The van der Waals surface area contributed by atoms with Gasteiger partial charge in [0.15, 0.2) is 0 Å². The van der Waals surface area contributed by atoms with Crippen molar-refractivity contribution >= 4 is 11.8 Å². The predicted molar refractivity (Wildman–Crippen MR) is 40.5 cm³/mol. The van der Waals surface area contributed by atoms with Crippen LogP contribution < -0.4 is 28.0 Å². The molecule has 8 nitrogen and oxygen atoms in total. The van der Waals surface area contributed by atoms with Gasteiger partial charge in [0.2, 0.25) is 0 Å². The van der Waals surface area contributed by atoms with E-state index in [-0.39, 0.29) is 6.15 Å². The zero-order valence-electron chi connectivity index (χ0n) is 6.93. The summed E-state index contributed by atoms with van der Waals surface area (Å²) < 4.78 is 0. The monoisotopic (exact) mass is 179 g/mol. The van der Waals surface area contributed by atoms with Crippen LogP contribution in [0.25, 0.3) is 0 Å². The second-order valence-corrected chi connectivity index (χ2v) is 1.46. The number of hydrogen-bond acceptors (Lipinski definition) is 6. The van der Waals surface area contributed by atoms with Crippen LogP contribution in [-0.4, -0.2) is 26.0 Å². The molecule has 0 saturated carbocycles. The number of amides is 2. The molecule has 0 fully saturated rings. The van der Waals surface area contributed by atoms with Crippen LogP contribution >= 0.6 is 0 Å². The molecule has 0 aliphatic rings. The van der Waals surface area contributed by atoms with Gasteiger partial charge >= 0.3 is 11.8 Å². The van der Waals surface area contributed by atoms with E-state index < -0.39 is 11.8 Å². The molecule has 0 atom stereocenters. The minimum absolute atomic E-state index is 0. The van der Waals surface area contributed by atoms with Crippen molar-refractivity contribution in [2.24, 2.45) is 0 Å². The lowest BCUT2D eigenvalue weighted by Crippen LogP contribution is -2.48. The third-order valence-corrected chi connectivity index (χ3v) is 0.711. The van der Waals surface area contributed by atoms with E-state index in [4.69, 9.17) is 0 Å². The second-order valence-electron chi connectivity index (χ2n) is 1.46. The Morgan fingerprint density at radius 3 is 2.08 bits per heavy atom. The molecule has 0 aromatic carbocycles.